The van der Waals surface area contributed by atoms with E-state index in [0.29, 0.717) is 5.76 Å². The minimum Gasteiger partial charge on any atom is -0.450 e. The highest BCUT2D eigenvalue weighted by molar-refractivity contribution is 6.06. The third-order valence-corrected chi connectivity index (χ3v) is 5.36. The number of likely N-dealkylation sites (N-methyl/N-ethyl adjacent to an activating group) is 1. The van der Waals surface area contributed by atoms with E-state index < -0.39 is 0 Å². The highest BCUT2D eigenvalue weighted by Crippen LogP contribution is 2.28. The van der Waals surface area contributed by atoms with Gasteiger partial charge in [-0.15, -0.1) is 0 Å². The standard InChI is InChI=1S/C22H25N3O2/c1-15-5-4-6-19-16(2)21(27-20(15)19)22(26)23-17-7-9-18(10-8-17)25-13-11-24(3)12-14-25/h4-10H,11-14H2,1-3H3,(H,23,26). The van der Waals surface area contributed by atoms with E-state index in [4.69, 9.17) is 4.42 Å². The van der Waals surface area contributed by atoms with E-state index in [1.807, 2.05) is 44.2 Å². The first-order valence-electron chi connectivity index (χ1n) is 9.36. The van der Waals surface area contributed by atoms with Gasteiger partial charge in [0.1, 0.15) is 5.58 Å². The Bertz CT molecular complexity index is 967. The molecule has 5 nitrogen and oxygen atoms in total. The van der Waals surface area contributed by atoms with Gasteiger partial charge in [-0.1, -0.05) is 18.2 Å². The van der Waals surface area contributed by atoms with E-state index in [2.05, 4.69) is 34.3 Å². The van der Waals surface area contributed by atoms with Gasteiger partial charge in [0, 0.05) is 48.5 Å². The number of aryl methyl sites for hydroxylation is 2. The third-order valence-electron chi connectivity index (χ3n) is 5.36. The van der Waals surface area contributed by atoms with Crippen LogP contribution in [0.2, 0.25) is 0 Å². The van der Waals surface area contributed by atoms with Crippen molar-refractivity contribution in [2.24, 2.45) is 0 Å². The first-order valence-corrected chi connectivity index (χ1v) is 9.36. The summed E-state index contributed by atoms with van der Waals surface area (Å²) in [7, 11) is 2.15. The fourth-order valence-corrected chi connectivity index (χ4v) is 3.61. The molecule has 3 aromatic rings. The lowest BCUT2D eigenvalue weighted by Crippen LogP contribution is -2.44. The highest BCUT2D eigenvalue weighted by atomic mass is 16.3. The van der Waals surface area contributed by atoms with Crippen LogP contribution in [0.1, 0.15) is 21.7 Å². The average molecular weight is 363 g/mol. The number of fused-ring (bicyclic) bond motifs is 1. The van der Waals surface area contributed by atoms with Gasteiger partial charge in [-0.25, -0.2) is 0 Å². The second-order valence-corrected chi connectivity index (χ2v) is 7.30. The van der Waals surface area contributed by atoms with Gasteiger partial charge in [-0.05, 0) is 50.7 Å². The Kier molecular flexibility index (Phi) is 4.62. The quantitative estimate of drug-likeness (QED) is 0.763. The van der Waals surface area contributed by atoms with Crippen molar-refractivity contribution < 1.29 is 9.21 Å². The van der Waals surface area contributed by atoms with E-state index in [0.717, 1.165) is 54.0 Å². The number of anilines is 2. The maximum Gasteiger partial charge on any atom is 0.291 e. The van der Waals surface area contributed by atoms with Crippen molar-refractivity contribution >= 4 is 28.3 Å². The normalized spacial score (nSPS) is 15.3. The molecule has 5 heteroatoms. The fraction of sp³-hybridized carbons (Fsp3) is 0.318. The number of carbonyl (C=O) groups excluding carboxylic acids is 1. The van der Waals surface area contributed by atoms with Crippen molar-refractivity contribution in [3.8, 4) is 0 Å². The molecule has 0 saturated carbocycles. The molecule has 4 rings (SSSR count). The molecule has 1 aliphatic heterocycles. The summed E-state index contributed by atoms with van der Waals surface area (Å²) in [6.45, 7) is 8.12. The molecule has 0 aliphatic carbocycles. The zero-order valence-corrected chi connectivity index (χ0v) is 16.1. The lowest BCUT2D eigenvalue weighted by Gasteiger charge is -2.34. The van der Waals surface area contributed by atoms with Crippen molar-refractivity contribution in [3.63, 3.8) is 0 Å². The van der Waals surface area contributed by atoms with E-state index in [1.54, 1.807) is 0 Å². The van der Waals surface area contributed by atoms with Crippen LogP contribution in [-0.2, 0) is 0 Å². The van der Waals surface area contributed by atoms with Gasteiger partial charge in [0.2, 0.25) is 0 Å². The number of hydrogen-bond donors (Lipinski definition) is 1. The summed E-state index contributed by atoms with van der Waals surface area (Å²) in [5, 5.41) is 3.95. The Hall–Kier alpha value is -2.79. The van der Waals surface area contributed by atoms with Crippen molar-refractivity contribution in [2.45, 2.75) is 13.8 Å². The monoisotopic (exact) mass is 363 g/mol. The minimum atomic E-state index is -0.213. The van der Waals surface area contributed by atoms with E-state index in [-0.39, 0.29) is 5.91 Å². The van der Waals surface area contributed by atoms with Crippen molar-refractivity contribution in [1.82, 2.24) is 4.90 Å². The molecule has 1 aromatic heterocycles. The molecule has 140 valence electrons. The Morgan fingerprint density at radius 2 is 1.70 bits per heavy atom. The number of furan rings is 1. The lowest BCUT2D eigenvalue weighted by atomic mass is 10.1. The first-order chi connectivity index (χ1) is 13.0. The van der Waals surface area contributed by atoms with Gasteiger partial charge < -0.3 is 19.5 Å². The Morgan fingerprint density at radius 3 is 2.37 bits per heavy atom. The summed E-state index contributed by atoms with van der Waals surface area (Å²) in [5.41, 5.74) is 4.66. The number of para-hydroxylation sites is 1. The maximum absolute atomic E-state index is 12.7. The van der Waals surface area contributed by atoms with Gasteiger partial charge in [0.15, 0.2) is 5.76 Å². The summed E-state index contributed by atoms with van der Waals surface area (Å²) in [4.78, 5) is 17.4. The smallest absolute Gasteiger partial charge is 0.291 e. The predicted octanol–water partition coefficient (Wildman–Crippen LogP) is 4.05. The van der Waals surface area contributed by atoms with E-state index in [1.165, 1.54) is 5.69 Å². The first kappa shape index (κ1) is 17.6. The summed E-state index contributed by atoms with van der Waals surface area (Å²) in [6.07, 6.45) is 0. The molecule has 0 spiro atoms. The highest BCUT2D eigenvalue weighted by Gasteiger charge is 2.19. The second kappa shape index (κ2) is 7.08. The Labute approximate surface area is 159 Å². The lowest BCUT2D eigenvalue weighted by molar-refractivity contribution is 0.0998. The van der Waals surface area contributed by atoms with Gasteiger partial charge in [-0.2, -0.15) is 0 Å². The van der Waals surface area contributed by atoms with Crippen LogP contribution in [-0.4, -0.2) is 44.0 Å². The SMILES string of the molecule is Cc1c(C(=O)Nc2ccc(N3CCN(C)CC3)cc2)oc2c(C)cccc12. The summed E-state index contributed by atoms with van der Waals surface area (Å²) >= 11 is 0. The molecule has 0 unspecified atom stereocenters. The average Bonchev–Trinajstić information content (AvgIpc) is 3.02. The Balaban J connectivity index is 1.50. The van der Waals surface area contributed by atoms with Crippen molar-refractivity contribution in [1.29, 1.82) is 0 Å². The zero-order valence-electron chi connectivity index (χ0n) is 16.1. The van der Waals surface area contributed by atoms with E-state index in [9.17, 15) is 4.79 Å². The molecular formula is C22H25N3O2. The summed E-state index contributed by atoms with van der Waals surface area (Å²) in [6, 6.07) is 14.0. The van der Waals surface area contributed by atoms with Crippen LogP contribution >= 0.6 is 0 Å². The molecule has 1 fully saturated rings. The summed E-state index contributed by atoms with van der Waals surface area (Å²) in [5.74, 6) is 0.165. The molecular weight excluding hydrogens is 338 g/mol. The van der Waals surface area contributed by atoms with Crippen LogP contribution in [0.3, 0.4) is 0 Å². The van der Waals surface area contributed by atoms with Crippen LogP contribution in [0.15, 0.2) is 46.9 Å². The van der Waals surface area contributed by atoms with Gasteiger partial charge in [0.25, 0.3) is 5.91 Å². The molecule has 1 amide bonds. The van der Waals surface area contributed by atoms with Crippen LogP contribution in [0, 0.1) is 13.8 Å². The second-order valence-electron chi connectivity index (χ2n) is 7.30. The molecule has 0 atom stereocenters. The number of nitrogens with one attached hydrogen (secondary N) is 1. The van der Waals surface area contributed by atoms with Crippen LogP contribution in [0.25, 0.3) is 11.0 Å². The summed E-state index contributed by atoms with van der Waals surface area (Å²) < 4.78 is 5.87. The van der Waals surface area contributed by atoms with Crippen LogP contribution in [0.4, 0.5) is 11.4 Å². The van der Waals surface area contributed by atoms with Crippen LogP contribution in [0.5, 0.6) is 0 Å². The Morgan fingerprint density at radius 1 is 1.00 bits per heavy atom. The molecule has 2 heterocycles. The number of hydrogen-bond acceptors (Lipinski definition) is 4. The number of carbonyl (C=O) groups is 1. The minimum absolute atomic E-state index is 0.213. The largest absolute Gasteiger partial charge is 0.450 e. The van der Waals surface area contributed by atoms with Crippen molar-refractivity contribution in [2.75, 3.05) is 43.4 Å². The van der Waals surface area contributed by atoms with Gasteiger partial charge in [0.05, 0.1) is 0 Å². The molecule has 27 heavy (non-hydrogen) atoms. The van der Waals surface area contributed by atoms with Crippen LogP contribution < -0.4 is 10.2 Å². The molecule has 1 N–H and O–H groups in total. The number of rotatable bonds is 3. The topological polar surface area (TPSA) is 48.7 Å². The number of amides is 1. The number of piperazine rings is 1. The van der Waals surface area contributed by atoms with E-state index >= 15 is 0 Å². The number of benzene rings is 2. The number of nitrogens with zero attached hydrogens (tertiary/aromatic N) is 2. The molecule has 1 saturated heterocycles. The maximum atomic E-state index is 12.7. The molecule has 2 aromatic carbocycles. The predicted molar refractivity (Wildman–Crippen MR) is 110 cm³/mol. The van der Waals surface area contributed by atoms with Crippen molar-refractivity contribution in [3.05, 3.63) is 59.4 Å². The third kappa shape index (κ3) is 3.43. The van der Waals surface area contributed by atoms with Gasteiger partial charge >= 0.3 is 0 Å². The van der Waals surface area contributed by atoms with Gasteiger partial charge in [-0.3, -0.25) is 4.79 Å². The molecule has 0 radical (unpaired) electrons. The zero-order chi connectivity index (χ0) is 19.0. The fourth-order valence-electron chi connectivity index (χ4n) is 3.61. The molecule has 0 bridgehead atoms. The molecule has 1 aliphatic rings.